The van der Waals surface area contributed by atoms with Gasteiger partial charge in [0.05, 0.1) is 11.6 Å². The highest BCUT2D eigenvalue weighted by molar-refractivity contribution is 5.79. The number of oxazole rings is 1. The van der Waals surface area contributed by atoms with E-state index in [4.69, 9.17) is 4.42 Å². The van der Waals surface area contributed by atoms with Crippen molar-refractivity contribution < 1.29 is 14.3 Å². The van der Waals surface area contributed by atoms with E-state index >= 15 is 0 Å². The molecule has 1 N–H and O–H groups in total. The fourth-order valence-corrected chi connectivity index (χ4v) is 2.58. The number of piperidine rings is 1. The van der Waals surface area contributed by atoms with Crippen LogP contribution in [0.4, 0.5) is 0 Å². The summed E-state index contributed by atoms with van der Waals surface area (Å²) in [5.41, 5.74) is 1.09. The van der Waals surface area contributed by atoms with E-state index in [1.807, 2.05) is 0 Å². The smallest absolute Gasteiger partial charge is 0.408 e. The number of amides is 1. The van der Waals surface area contributed by atoms with Gasteiger partial charge in [0.15, 0.2) is 5.58 Å². The van der Waals surface area contributed by atoms with Gasteiger partial charge in [-0.1, -0.05) is 12.1 Å². The number of β-amino-alcohol motifs (C(OH)–C–C–N with tert-alkyl or cyclic N) is 1. The van der Waals surface area contributed by atoms with Gasteiger partial charge in [-0.15, -0.1) is 0 Å². The molecule has 6 heteroatoms. The van der Waals surface area contributed by atoms with Gasteiger partial charge >= 0.3 is 5.76 Å². The third-order valence-electron chi connectivity index (χ3n) is 3.62. The summed E-state index contributed by atoms with van der Waals surface area (Å²) in [6.07, 6.45) is 1.04. The molecule has 0 spiro atoms. The second-order valence-corrected chi connectivity index (χ2v) is 5.06. The van der Waals surface area contributed by atoms with Crippen molar-refractivity contribution >= 4 is 17.0 Å². The van der Waals surface area contributed by atoms with Crippen molar-refractivity contribution in [1.82, 2.24) is 9.47 Å². The van der Waals surface area contributed by atoms with Crippen LogP contribution in [-0.2, 0) is 11.3 Å². The standard InChI is InChI=1S/C14H16N2O4/c17-10-4-3-7-15(8-10)13(18)9-16-11-5-1-2-6-12(11)20-14(16)19/h1-2,5-6,10,17H,3-4,7-9H2/t10-/m0/s1. The molecule has 0 bridgehead atoms. The predicted molar refractivity (Wildman–Crippen MR) is 72.3 cm³/mol. The van der Waals surface area contributed by atoms with Gasteiger partial charge in [-0.3, -0.25) is 9.36 Å². The summed E-state index contributed by atoms with van der Waals surface area (Å²) in [4.78, 5) is 25.6. The molecule has 1 aliphatic rings. The number of hydrogen-bond donors (Lipinski definition) is 1. The molecule has 1 aliphatic heterocycles. The Morgan fingerprint density at radius 2 is 2.20 bits per heavy atom. The minimum absolute atomic E-state index is 0.0530. The van der Waals surface area contributed by atoms with Gasteiger partial charge in [-0.05, 0) is 25.0 Å². The number of likely N-dealkylation sites (tertiary alicyclic amines) is 1. The molecular weight excluding hydrogens is 260 g/mol. The summed E-state index contributed by atoms with van der Waals surface area (Å²) >= 11 is 0. The zero-order chi connectivity index (χ0) is 14.1. The van der Waals surface area contributed by atoms with Crippen LogP contribution in [0.15, 0.2) is 33.5 Å². The number of fused-ring (bicyclic) bond motifs is 1. The third kappa shape index (κ3) is 2.34. The molecule has 0 unspecified atom stereocenters. The fourth-order valence-electron chi connectivity index (χ4n) is 2.58. The Hall–Kier alpha value is -2.08. The first-order valence-electron chi connectivity index (χ1n) is 6.69. The van der Waals surface area contributed by atoms with Gasteiger partial charge in [0.2, 0.25) is 5.91 Å². The molecule has 106 valence electrons. The van der Waals surface area contributed by atoms with Gasteiger partial charge in [0.1, 0.15) is 6.54 Å². The van der Waals surface area contributed by atoms with E-state index in [0.29, 0.717) is 24.2 Å². The average Bonchev–Trinajstić information content (AvgIpc) is 2.75. The van der Waals surface area contributed by atoms with E-state index < -0.39 is 11.9 Å². The number of hydrogen-bond acceptors (Lipinski definition) is 4. The zero-order valence-electron chi connectivity index (χ0n) is 11.0. The number of aliphatic hydroxyl groups is 1. The van der Waals surface area contributed by atoms with Crippen molar-refractivity contribution in [2.24, 2.45) is 0 Å². The average molecular weight is 276 g/mol. The molecule has 1 aromatic heterocycles. The van der Waals surface area contributed by atoms with Crippen molar-refractivity contribution in [3.05, 3.63) is 34.8 Å². The van der Waals surface area contributed by atoms with Gasteiger partial charge in [0.25, 0.3) is 0 Å². The first-order chi connectivity index (χ1) is 9.65. The van der Waals surface area contributed by atoms with Crippen molar-refractivity contribution in [1.29, 1.82) is 0 Å². The molecule has 1 saturated heterocycles. The number of benzene rings is 1. The quantitative estimate of drug-likeness (QED) is 0.870. The molecule has 0 aliphatic carbocycles. The molecule has 1 fully saturated rings. The normalized spacial score (nSPS) is 19.4. The Bertz CT molecular complexity index is 688. The second kappa shape index (κ2) is 5.13. The van der Waals surface area contributed by atoms with Crippen LogP contribution >= 0.6 is 0 Å². The third-order valence-corrected chi connectivity index (χ3v) is 3.62. The lowest BCUT2D eigenvalue weighted by atomic mass is 10.1. The Morgan fingerprint density at radius 1 is 1.40 bits per heavy atom. The van der Waals surface area contributed by atoms with Crippen LogP contribution in [0, 0.1) is 0 Å². The Kier molecular flexibility index (Phi) is 3.31. The number of aromatic nitrogens is 1. The molecule has 1 amide bonds. The fraction of sp³-hybridized carbons (Fsp3) is 0.429. The minimum atomic E-state index is -0.530. The summed E-state index contributed by atoms with van der Waals surface area (Å²) in [5.74, 6) is -0.700. The molecule has 1 aromatic carbocycles. The van der Waals surface area contributed by atoms with Crippen molar-refractivity contribution in [2.45, 2.75) is 25.5 Å². The molecule has 2 heterocycles. The lowest BCUT2D eigenvalue weighted by Crippen LogP contribution is -2.44. The summed E-state index contributed by atoms with van der Waals surface area (Å²) < 4.78 is 6.43. The second-order valence-electron chi connectivity index (χ2n) is 5.06. The summed E-state index contributed by atoms with van der Waals surface area (Å²) in [5, 5.41) is 9.60. The molecule has 6 nitrogen and oxygen atoms in total. The highest BCUT2D eigenvalue weighted by Crippen LogP contribution is 2.14. The molecular formula is C14H16N2O4. The Morgan fingerprint density at radius 3 is 3.00 bits per heavy atom. The number of para-hydroxylation sites is 2. The van der Waals surface area contributed by atoms with Crippen LogP contribution in [0.2, 0.25) is 0 Å². The molecule has 3 rings (SSSR count). The number of nitrogens with zero attached hydrogens (tertiary/aromatic N) is 2. The van der Waals surface area contributed by atoms with Crippen LogP contribution in [0.25, 0.3) is 11.1 Å². The van der Waals surface area contributed by atoms with E-state index in [9.17, 15) is 14.7 Å². The van der Waals surface area contributed by atoms with E-state index in [0.717, 1.165) is 12.8 Å². The van der Waals surface area contributed by atoms with Crippen LogP contribution in [0.1, 0.15) is 12.8 Å². The minimum Gasteiger partial charge on any atom is -0.408 e. The van der Waals surface area contributed by atoms with Crippen LogP contribution in [-0.4, -0.2) is 39.7 Å². The zero-order valence-corrected chi connectivity index (χ0v) is 11.0. The Balaban J connectivity index is 1.84. The number of aliphatic hydroxyl groups excluding tert-OH is 1. The monoisotopic (exact) mass is 276 g/mol. The maximum Gasteiger partial charge on any atom is 0.420 e. The summed E-state index contributed by atoms with van der Waals surface area (Å²) in [6, 6.07) is 7.02. The van der Waals surface area contributed by atoms with Gasteiger partial charge < -0.3 is 14.4 Å². The maximum atomic E-state index is 12.2. The van der Waals surface area contributed by atoms with Gasteiger partial charge in [0, 0.05) is 13.1 Å². The van der Waals surface area contributed by atoms with E-state index in [2.05, 4.69) is 0 Å². The maximum absolute atomic E-state index is 12.2. The van der Waals surface area contributed by atoms with Crippen molar-refractivity contribution in [2.75, 3.05) is 13.1 Å². The van der Waals surface area contributed by atoms with Crippen LogP contribution in [0.5, 0.6) is 0 Å². The Labute approximate surface area is 115 Å². The molecule has 20 heavy (non-hydrogen) atoms. The molecule has 2 aromatic rings. The van der Waals surface area contributed by atoms with E-state index in [1.54, 1.807) is 29.2 Å². The van der Waals surface area contributed by atoms with E-state index in [1.165, 1.54) is 4.57 Å². The first kappa shape index (κ1) is 12.9. The van der Waals surface area contributed by atoms with Crippen molar-refractivity contribution in [3.8, 4) is 0 Å². The lowest BCUT2D eigenvalue weighted by molar-refractivity contribution is -0.134. The molecule has 0 radical (unpaired) electrons. The van der Waals surface area contributed by atoms with Crippen LogP contribution in [0.3, 0.4) is 0 Å². The lowest BCUT2D eigenvalue weighted by Gasteiger charge is -2.30. The van der Waals surface area contributed by atoms with E-state index in [-0.39, 0.29) is 12.5 Å². The highest BCUT2D eigenvalue weighted by atomic mass is 16.4. The SMILES string of the molecule is O=C(Cn1c(=O)oc2ccccc21)N1CCC[C@H](O)C1. The highest BCUT2D eigenvalue weighted by Gasteiger charge is 2.23. The largest absolute Gasteiger partial charge is 0.420 e. The molecule has 1 atom stereocenters. The van der Waals surface area contributed by atoms with Crippen LogP contribution < -0.4 is 5.76 Å². The number of rotatable bonds is 2. The van der Waals surface area contributed by atoms with Gasteiger partial charge in [-0.25, -0.2) is 4.79 Å². The van der Waals surface area contributed by atoms with Gasteiger partial charge in [-0.2, -0.15) is 0 Å². The first-order valence-corrected chi connectivity index (χ1v) is 6.69. The number of carbonyl (C=O) groups excluding carboxylic acids is 1. The topological polar surface area (TPSA) is 75.7 Å². The number of carbonyl (C=O) groups is 1. The van der Waals surface area contributed by atoms with Crippen molar-refractivity contribution in [3.63, 3.8) is 0 Å². The summed E-state index contributed by atoms with van der Waals surface area (Å²) in [7, 11) is 0. The molecule has 0 saturated carbocycles. The predicted octanol–water partition coefficient (Wildman–Crippen LogP) is 0.578. The summed E-state index contributed by atoms with van der Waals surface area (Å²) in [6.45, 7) is 0.909.